The molecule has 0 saturated carbocycles. The number of benzene rings is 1. The highest BCUT2D eigenvalue weighted by Gasteiger charge is 2.34. The fourth-order valence-electron chi connectivity index (χ4n) is 3.42. The van der Waals surface area contributed by atoms with E-state index in [1.54, 1.807) is 4.90 Å². The summed E-state index contributed by atoms with van der Waals surface area (Å²) < 4.78 is 40.1. The van der Waals surface area contributed by atoms with E-state index >= 15 is 0 Å². The second kappa shape index (κ2) is 8.03. The summed E-state index contributed by atoms with van der Waals surface area (Å²) in [4.78, 5) is 26.6. The summed E-state index contributed by atoms with van der Waals surface area (Å²) in [6, 6.07) is 2.51. The Bertz CT molecular complexity index is 1060. The molecule has 1 fully saturated rings. The highest BCUT2D eigenvalue weighted by atomic mass is 35.5. The van der Waals surface area contributed by atoms with Crippen LogP contribution in [0.2, 0.25) is 5.02 Å². The van der Waals surface area contributed by atoms with Crippen LogP contribution in [0.15, 0.2) is 29.2 Å². The van der Waals surface area contributed by atoms with Gasteiger partial charge in [0.2, 0.25) is 0 Å². The standard InChI is InChI=1S/C19H21ClF3N5O3/c1-18(2,3)27-17(29)16(20)15(11-24-27)26-8-6-25(7-9-26)13-5-4-12(19(21,22)23)10-14(13)28(30)31/h4-5,10-11H,6-9H2,1-3H3. The minimum absolute atomic E-state index is 0.0267. The Morgan fingerprint density at radius 1 is 1.06 bits per heavy atom. The summed E-state index contributed by atoms with van der Waals surface area (Å²) in [5, 5.41) is 15.6. The summed E-state index contributed by atoms with van der Waals surface area (Å²) in [6.07, 6.45) is -3.16. The lowest BCUT2D eigenvalue weighted by Gasteiger charge is -2.37. The summed E-state index contributed by atoms with van der Waals surface area (Å²) in [5.74, 6) is 0. The number of aromatic nitrogens is 2. The van der Waals surface area contributed by atoms with Crippen molar-refractivity contribution < 1.29 is 18.1 Å². The molecule has 1 saturated heterocycles. The largest absolute Gasteiger partial charge is 0.416 e. The van der Waals surface area contributed by atoms with E-state index in [2.05, 4.69) is 5.10 Å². The van der Waals surface area contributed by atoms with Crippen molar-refractivity contribution in [2.75, 3.05) is 36.0 Å². The summed E-state index contributed by atoms with van der Waals surface area (Å²) in [7, 11) is 0. The van der Waals surface area contributed by atoms with Crippen LogP contribution < -0.4 is 15.4 Å². The Morgan fingerprint density at radius 3 is 2.10 bits per heavy atom. The average molecular weight is 460 g/mol. The first-order valence-electron chi connectivity index (χ1n) is 9.44. The zero-order chi connectivity index (χ0) is 23.1. The second-order valence-electron chi connectivity index (χ2n) is 8.16. The lowest BCUT2D eigenvalue weighted by molar-refractivity contribution is -0.384. The number of nitro groups is 1. The molecule has 1 aliphatic heterocycles. The van der Waals surface area contributed by atoms with Gasteiger partial charge >= 0.3 is 6.18 Å². The molecule has 0 spiro atoms. The van der Waals surface area contributed by atoms with Gasteiger partial charge in [0.25, 0.3) is 11.2 Å². The summed E-state index contributed by atoms with van der Waals surface area (Å²) in [5.41, 5.74) is -2.07. The third-order valence-corrected chi connectivity index (χ3v) is 5.35. The zero-order valence-electron chi connectivity index (χ0n) is 17.1. The topological polar surface area (TPSA) is 84.5 Å². The van der Waals surface area contributed by atoms with Crippen molar-refractivity contribution in [2.24, 2.45) is 0 Å². The predicted molar refractivity (Wildman–Crippen MR) is 111 cm³/mol. The van der Waals surface area contributed by atoms with Crippen molar-refractivity contribution in [3.8, 4) is 0 Å². The van der Waals surface area contributed by atoms with E-state index in [4.69, 9.17) is 11.6 Å². The average Bonchev–Trinajstić information content (AvgIpc) is 2.68. The molecule has 168 valence electrons. The fraction of sp³-hybridized carbons (Fsp3) is 0.474. The number of hydrogen-bond acceptors (Lipinski definition) is 6. The number of anilines is 2. The van der Waals surface area contributed by atoms with E-state index in [9.17, 15) is 28.1 Å². The normalized spacial score (nSPS) is 15.3. The summed E-state index contributed by atoms with van der Waals surface area (Å²) in [6.45, 7) is 6.79. The van der Waals surface area contributed by atoms with Gasteiger partial charge < -0.3 is 9.80 Å². The van der Waals surface area contributed by atoms with Crippen LogP contribution in [0.1, 0.15) is 26.3 Å². The van der Waals surface area contributed by atoms with Crippen LogP contribution in [0.4, 0.5) is 30.2 Å². The second-order valence-corrected chi connectivity index (χ2v) is 8.54. The van der Waals surface area contributed by atoms with E-state index in [-0.39, 0.29) is 10.7 Å². The third kappa shape index (κ3) is 4.60. The molecule has 1 aliphatic rings. The van der Waals surface area contributed by atoms with Gasteiger partial charge in [-0.25, -0.2) is 4.68 Å². The van der Waals surface area contributed by atoms with Gasteiger partial charge in [0.1, 0.15) is 10.7 Å². The Kier molecular flexibility index (Phi) is 5.92. The van der Waals surface area contributed by atoms with Crippen LogP contribution in [-0.2, 0) is 11.7 Å². The molecule has 31 heavy (non-hydrogen) atoms. The van der Waals surface area contributed by atoms with Crippen molar-refractivity contribution in [1.82, 2.24) is 9.78 Å². The number of halogens is 4. The van der Waals surface area contributed by atoms with Crippen LogP contribution in [0, 0.1) is 10.1 Å². The maximum atomic E-state index is 12.9. The number of nitro benzene ring substituents is 1. The SMILES string of the molecule is CC(C)(C)n1ncc(N2CCN(c3ccc(C(F)(F)F)cc3[N+](=O)[O-])CC2)c(Cl)c1=O. The molecular formula is C19H21ClF3N5O3. The molecule has 0 radical (unpaired) electrons. The smallest absolute Gasteiger partial charge is 0.365 e. The van der Waals surface area contributed by atoms with Gasteiger partial charge in [0.05, 0.1) is 27.9 Å². The highest BCUT2D eigenvalue weighted by molar-refractivity contribution is 6.33. The van der Waals surface area contributed by atoms with Crippen molar-refractivity contribution in [2.45, 2.75) is 32.5 Å². The Morgan fingerprint density at radius 2 is 1.61 bits per heavy atom. The maximum absolute atomic E-state index is 12.9. The first-order chi connectivity index (χ1) is 14.3. The van der Waals surface area contributed by atoms with Crippen molar-refractivity contribution in [1.29, 1.82) is 0 Å². The first-order valence-corrected chi connectivity index (χ1v) is 9.82. The highest BCUT2D eigenvalue weighted by Crippen LogP contribution is 2.37. The Hall–Kier alpha value is -2.82. The molecule has 2 heterocycles. The van der Waals surface area contributed by atoms with Gasteiger partial charge in [-0.1, -0.05) is 11.6 Å². The molecule has 0 unspecified atom stereocenters. The van der Waals surface area contributed by atoms with Crippen LogP contribution in [-0.4, -0.2) is 40.9 Å². The summed E-state index contributed by atoms with van der Waals surface area (Å²) >= 11 is 6.29. The Labute approximate surface area is 181 Å². The van der Waals surface area contributed by atoms with Crippen LogP contribution in [0.3, 0.4) is 0 Å². The minimum Gasteiger partial charge on any atom is -0.365 e. The molecular weight excluding hydrogens is 439 g/mol. The number of piperazine rings is 1. The molecule has 0 atom stereocenters. The first kappa shape index (κ1) is 22.9. The fourth-order valence-corrected chi connectivity index (χ4v) is 3.67. The molecule has 0 N–H and O–H groups in total. The molecule has 12 heteroatoms. The molecule has 1 aromatic heterocycles. The molecule has 1 aromatic carbocycles. The van der Waals surface area contributed by atoms with Gasteiger partial charge in [0, 0.05) is 32.2 Å². The number of alkyl halides is 3. The van der Waals surface area contributed by atoms with Crippen LogP contribution >= 0.6 is 11.6 Å². The van der Waals surface area contributed by atoms with Gasteiger partial charge in [-0.2, -0.15) is 18.3 Å². The van der Waals surface area contributed by atoms with E-state index < -0.39 is 33.4 Å². The molecule has 0 amide bonds. The maximum Gasteiger partial charge on any atom is 0.416 e. The van der Waals surface area contributed by atoms with E-state index in [1.165, 1.54) is 10.9 Å². The van der Waals surface area contributed by atoms with E-state index in [0.29, 0.717) is 37.9 Å². The van der Waals surface area contributed by atoms with Gasteiger partial charge in [0.15, 0.2) is 0 Å². The van der Waals surface area contributed by atoms with Gasteiger partial charge in [-0.15, -0.1) is 0 Å². The van der Waals surface area contributed by atoms with Crippen molar-refractivity contribution >= 4 is 28.7 Å². The van der Waals surface area contributed by atoms with Crippen LogP contribution in [0.5, 0.6) is 0 Å². The number of rotatable bonds is 3. The molecule has 0 aliphatic carbocycles. The van der Waals surface area contributed by atoms with Crippen molar-refractivity contribution in [3.63, 3.8) is 0 Å². The predicted octanol–water partition coefficient (Wildman–Crippen LogP) is 3.91. The van der Waals surface area contributed by atoms with Gasteiger partial charge in [-0.3, -0.25) is 14.9 Å². The molecule has 3 rings (SSSR count). The van der Waals surface area contributed by atoms with Gasteiger partial charge in [-0.05, 0) is 32.9 Å². The monoisotopic (exact) mass is 459 g/mol. The molecule has 8 nitrogen and oxygen atoms in total. The van der Waals surface area contributed by atoms with Crippen molar-refractivity contribution in [3.05, 3.63) is 55.5 Å². The zero-order valence-corrected chi connectivity index (χ0v) is 17.9. The minimum atomic E-state index is -4.67. The number of nitrogens with zero attached hydrogens (tertiary/aromatic N) is 5. The lowest BCUT2D eigenvalue weighted by Crippen LogP contribution is -2.47. The van der Waals surface area contributed by atoms with E-state index in [0.717, 1.165) is 12.1 Å². The number of hydrogen-bond donors (Lipinski definition) is 0. The molecule has 0 bridgehead atoms. The van der Waals surface area contributed by atoms with E-state index in [1.807, 2.05) is 25.7 Å². The third-order valence-electron chi connectivity index (χ3n) is 5.00. The lowest BCUT2D eigenvalue weighted by atomic mass is 10.1. The Balaban J connectivity index is 1.83. The van der Waals surface area contributed by atoms with Crippen LogP contribution in [0.25, 0.3) is 0 Å². The quantitative estimate of drug-likeness (QED) is 0.511. The molecule has 2 aromatic rings.